The molecule has 0 fully saturated rings. The molecule has 0 radical (unpaired) electrons. The lowest BCUT2D eigenvalue weighted by atomic mass is 10.4. The predicted octanol–water partition coefficient (Wildman–Crippen LogP) is 1.90. The lowest BCUT2D eigenvalue weighted by Gasteiger charge is -2.02. The molecule has 0 saturated carbocycles. The fourth-order valence-electron chi connectivity index (χ4n) is 0.802. The number of halogens is 2. The monoisotopic (exact) mass is 239 g/mol. The van der Waals surface area contributed by atoms with E-state index in [0.717, 1.165) is 0 Å². The molecule has 0 bridgehead atoms. The molecule has 0 aromatic heterocycles. The molecule has 1 rings (SSSR count). The molecule has 0 aliphatic carbocycles. The first-order valence-corrected chi connectivity index (χ1v) is 5.59. The second-order valence-electron chi connectivity index (χ2n) is 2.31. The zero-order valence-corrected chi connectivity index (χ0v) is 9.04. The second-order valence-corrected chi connectivity index (χ2v) is 5.07. The molecular formula is C7H7Cl2NO2S. The second kappa shape index (κ2) is 3.84. The summed E-state index contributed by atoms with van der Waals surface area (Å²) in [6.07, 6.45) is 0. The minimum absolute atomic E-state index is 0.0625. The first kappa shape index (κ1) is 10.8. The Bertz CT molecular complexity index is 396. The Morgan fingerprint density at radius 1 is 1.15 bits per heavy atom. The highest BCUT2D eigenvalue weighted by molar-refractivity contribution is 7.89. The van der Waals surface area contributed by atoms with Crippen LogP contribution >= 0.6 is 23.2 Å². The van der Waals surface area contributed by atoms with Crippen LogP contribution in [0.15, 0.2) is 23.1 Å². The van der Waals surface area contributed by atoms with E-state index in [-0.39, 0.29) is 4.90 Å². The number of nitrogens with one attached hydrogen (secondary N) is 1. The van der Waals surface area contributed by atoms with Gasteiger partial charge in [0.15, 0.2) is 0 Å². The van der Waals surface area contributed by atoms with Crippen LogP contribution in [-0.4, -0.2) is 15.5 Å². The molecule has 0 aliphatic heterocycles. The van der Waals surface area contributed by atoms with Gasteiger partial charge in [-0.25, -0.2) is 13.1 Å². The smallest absolute Gasteiger partial charge is 0.214 e. The molecule has 1 N–H and O–H groups in total. The molecule has 6 heteroatoms. The van der Waals surface area contributed by atoms with E-state index < -0.39 is 10.0 Å². The first-order valence-electron chi connectivity index (χ1n) is 3.35. The molecule has 1 aromatic rings. The summed E-state index contributed by atoms with van der Waals surface area (Å²) in [4.78, 5) is 0.0625. The van der Waals surface area contributed by atoms with Gasteiger partial charge in [0.25, 0.3) is 0 Å². The average Bonchev–Trinajstić information content (AvgIpc) is 2.02. The van der Waals surface area contributed by atoms with E-state index in [1.54, 1.807) is 0 Å². The standard InChI is InChI=1S/C7H7Cl2NO2S/c1-10-13(11,12)7-3-5(8)2-6(9)4-7/h2-4,10H,1H3. The quantitative estimate of drug-likeness (QED) is 0.858. The van der Waals surface area contributed by atoms with Gasteiger partial charge in [0, 0.05) is 10.0 Å². The highest BCUT2D eigenvalue weighted by Gasteiger charge is 2.12. The maximum absolute atomic E-state index is 11.3. The van der Waals surface area contributed by atoms with Crippen LogP contribution in [0.5, 0.6) is 0 Å². The van der Waals surface area contributed by atoms with Crippen molar-refractivity contribution in [3.05, 3.63) is 28.2 Å². The van der Waals surface area contributed by atoms with Crippen LogP contribution in [0, 0.1) is 0 Å². The molecule has 0 spiro atoms. The number of rotatable bonds is 2. The summed E-state index contributed by atoms with van der Waals surface area (Å²) in [5, 5.41) is 0.586. The van der Waals surface area contributed by atoms with Crippen molar-refractivity contribution in [2.75, 3.05) is 7.05 Å². The maximum atomic E-state index is 11.3. The third-order valence-corrected chi connectivity index (χ3v) is 3.25. The van der Waals surface area contributed by atoms with Gasteiger partial charge in [-0.05, 0) is 25.2 Å². The van der Waals surface area contributed by atoms with Crippen LogP contribution < -0.4 is 4.72 Å². The lowest BCUT2D eigenvalue weighted by molar-refractivity contribution is 0.588. The molecule has 1 aromatic carbocycles. The van der Waals surface area contributed by atoms with E-state index in [1.165, 1.54) is 25.2 Å². The summed E-state index contributed by atoms with van der Waals surface area (Å²) in [6.45, 7) is 0. The normalized spacial score (nSPS) is 11.6. The van der Waals surface area contributed by atoms with E-state index >= 15 is 0 Å². The van der Waals surface area contributed by atoms with Crippen molar-refractivity contribution in [1.29, 1.82) is 0 Å². The number of hydrogen-bond donors (Lipinski definition) is 1. The fourth-order valence-corrected chi connectivity index (χ4v) is 2.26. The topological polar surface area (TPSA) is 46.2 Å². The van der Waals surface area contributed by atoms with Crippen LogP contribution in [0.2, 0.25) is 10.0 Å². The van der Waals surface area contributed by atoms with E-state index in [0.29, 0.717) is 10.0 Å². The SMILES string of the molecule is CNS(=O)(=O)c1cc(Cl)cc(Cl)c1. The molecule has 0 saturated heterocycles. The number of sulfonamides is 1. The summed E-state index contributed by atoms with van der Waals surface area (Å²) >= 11 is 11.3. The maximum Gasteiger partial charge on any atom is 0.240 e. The van der Waals surface area contributed by atoms with Crippen molar-refractivity contribution < 1.29 is 8.42 Å². The fraction of sp³-hybridized carbons (Fsp3) is 0.143. The van der Waals surface area contributed by atoms with E-state index in [9.17, 15) is 8.42 Å². The van der Waals surface area contributed by atoms with Gasteiger partial charge in [0.05, 0.1) is 4.90 Å². The van der Waals surface area contributed by atoms with Gasteiger partial charge in [-0.2, -0.15) is 0 Å². The van der Waals surface area contributed by atoms with Crippen LogP contribution in [0.4, 0.5) is 0 Å². The molecule has 0 heterocycles. The average molecular weight is 240 g/mol. The van der Waals surface area contributed by atoms with Crippen molar-refractivity contribution in [3.63, 3.8) is 0 Å². The van der Waals surface area contributed by atoms with Crippen LogP contribution in [0.3, 0.4) is 0 Å². The Morgan fingerprint density at radius 2 is 1.62 bits per heavy atom. The highest BCUT2D eigenvalue weighted by atomic mass is 35.5. The van der Waals surface area contributed by atoms with Crippen molar-refractivity contribution >= 4 is 33.2 Å². The van der Waals surface area contributed by atoms with Gasteiger partial charge in [-0.15, -0.1) is 0 Å². The summed E-state index contributed by atoms with van der Waals surface area (Å²) in [5.41, 5.74) is 0. The van der Waals surface area contributed by atoms with Gasteiger partial charge in [-0.3, -0.25) is 0 Å². The third-order valence-electron chi connectivity index (χ3n) is 1.42. The molecule has 0 atom stereocenters. The molecule has 0 amide bonds. The Balaban J connectivity index is 3.32. The zero-order valence-electron chi connectivity index (χ0n) is 6.71. The lowest BCUT2D eigenvalue weighted by Crippen LogP contribution is -2.18. The van der Waals surface area contributed by atoms with Crippen molar-refractivity contribution in [2.24, 2.45) is 0 Å². The highest BCUT2D eigenvalue weighted by Crippen LogP contribution is 2.21. The molecule has 3 nitrogen and oxygen atoms in total. The minimum Gasteiger partial charge on any atom is -0.214 e. The number of benzene rings is 1. The van der Waals surface area contributed by atoms with Crippen LogP contribution in [0.25, 0.3) is 0 Å². The molecule has 13 heavy (non-hydrogen) atoms. The van der Waals surface area contributed by atoms with Gasteiger partial charge in [0.1, 0.15) is 0 Å². The van der Waals surface area contributed by atoms with E-state index in [4.69, 9.17) is 23.2 Å². The summed E-state index contributed by atoms with van der Waals surface area (Å²) < 4.78 is 24.7. The molecule has 0 unspecified atom stereocenters. The zero-order chi connectivity index (χ0) is 10.1. The Labute approximate surface area is 86.7 Å². The van der Waals surface area contributed by atoms with Gasteiger partial charge in [0.2, 0.25) is 10.0 Å². The molecule has 72 valence electrons. The van der Waals surface area contributed by atoms with Gasteiger partial charge < -0.3 is 0 Å². The summed E-state index contributed by atoms with van der Waals surface area (Å²) in [6, 6.07) is 4.14. The van der Waals surface area contributed by atoms with Gasteiger partial charge in [-0.1, -0.05) is 23.2 Å². The van der Waals surface area contributed by atoms with Crippen molar-refractivity contribution in [2.45, 2.75) is 4.90 Å². The third kappa shape index (κ3) is 2.57. The Kier molecular flexibility index (Phi) is 3.18. The summed E-state index contributed by atoms with van der Waals surface area (Å²) in [7, 11) is -2.14. The molecule has 0 aliphatic rings. The predicted molar refractivity (Wildman–Crippen MR) is 52.7 cm³/mol. The van der Waals surface area contributed by atoms with Crippen LogP contribution in [-0.2, 0) is 10.0 Å². The Hall–Kier alpha value is -0.290. The first-order chi connectivity index (χ1) is 5.95. The van der Waals surface area contributed by atoms with E-state index in [1.807, 2.05) is 0 Å². The largest absolute Gasteiger partial charge is 0.240 e. The summed E-state index contributed by atoms with van der Waals surface area (Å²) in [5.74, 6) is 0. The Morgan fingerprint density at radius 3 is 2.00 bits per heavy atom. The number of hydrogen-bond acceptors (Lipinski definition) is 2. The van der Waals surface area contributed by atoms with Gasteiger partial charge >= 0.3 is 0 Å². The minimum atomic E-state index is -3.46. The van der Waals surface area contributed by atoms with Crippen LogP contribution in [0.1, 0.15) is 0 Å². The van der Waals surface area contributed by atoms with Crippen molar-refractivity contribution in [1.82, 2.24) is 4.72 Å². The van der Waals surface area contributed by atoms with E-state index in [2.05, 4.69) is 4.72 Å². The molecular weight excluding hydrogens is 233 g/mol. The van der Waals surface area contributed by atoms with Crippen molar-refractivity contribution in [3.8, 4) is 0 Å².